The number of nitrogens with one attached hydrogen (secondary N) is 2. The van der Waals surface area contributed by atoms with Crippen LogP contribution in [0.2, 0.25) is 0 Å². The van der Waals surface area contributed by atoms with Crippen LogP contribution in [0.3, 0.4) is 0 Å². The third kappa shape index (κ3) is 3.73. The van der Waals surface area contributed by atoms with Crippen molar-refractivity contribution in [2.75, 3.05) is 18.9 Å². The molecule has 2 N–H and O–H groups in total. The molecule has 1 aromatic carbocycles. The zero-order valence-corrected chi connectivity index (χ0v) is 13.8. The van der Waals surface area contributed by atoms with Gasteiger partial charge in [0.25, 0.3) is 0 Å². The number of likely N-dealkylation sites (N-methyl/N-ethyl adjacent to an activating group) is 1. The van der Waals surface area contributed by atoms with E-state index in [1.54, 1.807) is 11.9 Å². The minimum Gasteiger partial charge on any atom is -0.344 e. The number of anilines is 1. The van der Waals surface area contributed by atoms with Gasteiger partial charge in [-0.1, -0.05) is 12.1 Å². The van der Waals surface area contributed by atoms with Crippen LogP contribution in [0.1, 0.15) is 17.5 Å². The number of likely N-dealkylation sites (tertiary alicyclic amines) is 1. The molecule has 7 nitrogen and oxygen atoms in total. The Morgan fingerprint density at radius 1 is 1.33 bits per heavy atom. The minimum atomic E-state index is -0.433. The Morgan fingerprint density at radius 2 is 2.08 bits per heavy atom. The van der Waals surface area contributed by atoms with Crippen molar-refractivity contribution in [1.29, 1.82) is 0 Å². The Morgan fingerprint density at radius 3 is 2.67 bits per heavy atom. The molecule has 1 aromatic heterocycles. The standard InChI is InChI=1S/C17H21N5O2/c1-12-9-18-22(10-12)11-13-3-5-14(6-4-13)19-17(24)20-15-7-8-21(2)16(15)23/h3-6,9-10,15H,7-8,11H2,1-2H3,(H2,19,20,24)/t15-/m0/s1. The number of nitrogens with zero attached hydrogens (tertiary/aromatic N) is 3. The second kappa shape index (κ2) is 6.74. The summed E-state index contributed by atoms with van der Waals surface area (Å²) in [6.45, 7) is 3.36. The van der Waals surface area contributed by atoms with E-state index in [-0.39, 0.29) is 11.9 Å². The van der Waals surface area contributed by atoms with Gasteiger partial charge in [-0.15, -0.1) is 0 Å². The van der Waals surface area contributed by atoms with Crippen LogP contribution in [0.15, 0.2) is 36.7 Å². The number of carbonyl (C=O) groups is 2. The first-order valence-electron chi connectivity index (χ1n) is 7.92. The van der Waals surface area contributed by atoms with Crippen LogP contribution >= 0.6 is 0 Å². The summed E-state index contributed by atoms with van der Waals surface area (Å²) in [6.07, 6.45) is 4.45. The lowest BCUT2D eigenvalue weighted by Gasteiger charge is -2.13. The Labute approximate surface area is 140 Å². The minimum absolute atomic E-state index is 0.0463. The summed E-state index contributed by atoms with van der Waals surface area (Å²) < 4.78 is 1.87. The second-order valence-corrected chi connectivity index (χ2v) is 6.11. The molecule has 0 saturated carbocycles. The molecule has 3 rings (SSSR count). The van der Waals surface area contributed by atoms with Gasteiger partial charge in [0.1, 0.15) is 6.04 Å². The molecule has 1 aliphatic heterocycles. The first-order valence-corrected chi connectivity index (χ1v) is 7.92. The van der Waals surface area contributed by atoms with Crippen LogP contribution in [-0.2, 0) is 11.3 Å². The molecule has 24 heavy (non-hydrogen) atoms. The zero-order chi connectivity index (χ0) is 17.1. The maximum absolute atomic E-state index is 12.0. The number of aromatic nitrogens is 2. The number of hydrogen-bond acceptors (Lipinski definition) is 3. The second-order valence-electron chi connectivity index (χ2n) is 6.11. The van der Waals surface area contributed by atoms with Crippen molar-refractivity contribution < 1.29 is 9.59 Å². The molecule has 1 atom stereocenters. The van der Waals surface area contributed by atoms with Gasteiger partial charge in [0.15, 0.2) is 0 Å². The third-order valence-corrected chi connectivity index (χ3v) is 4.05. The predicted octanol–water partition coefficient (Wildman–Crippen LogP) is 1.59. The monoisotopic (exact) mass is 327 g/mol. The van der Waals surface area contributed by atoms with E-state index in [0.717, 1.165) is 11.1 Å². The average molecular weight is 327 g/mol. The maximum Gasteiger partial charge on any atom is 0.319 e. The van der Waals surface area contributed by atoms with Crippen LogP contribution < -0.4 is 10.6 Å². The Kier molecular flexibility index (Phi) is 4.50. The van der Waals surface area contributed by atoms with E-state index in [9.17, 15) is 9.59 Å². The maximum atomic E-state index is 12.0. The summed E-state index contributed by atoms with van der Waals surface area (Å²) in [7, 11) is 1.74. The van der Waals surface area contributed by atoms with Crippen molar-refractivity contribution in [2.24, 2.45) is 0 Å². The van der Waals surface area contributed by atoms with E-state index in [1.165, 1.54) is 0 Å². The van der Waals surface area contributed by atoms with Gasteiger partial charge >= 0.3 is 6.03 Å². The highest BCUT2D eigenvalue weighted by molar-refractivity contribution is 5.94. The third-order valence-electron chi connectivity index (χ3n) is 4.05. The highest BCUT2D eigenvalue weighted by Gasteiger charge is 2.30. The highest BCUT2D eigenvalue weighted by atomic mass is 16.2. The van der Waals surface area contributed by atoms with Gasteiger partial charge in [-0.2, -0.15) is 5.10 Å². The number of rotatable bonds is 4. The normalized spacial score (nSPS) is 17.2. The molecule has 0 unspecified atom stereocenters. The Bertz CT molecular complexity index is 738. The van der Waals surface area contributed by atoms with Gasteiger partial charge in [0, 0.05) is 25.5 Å². The van der Waals surface area contributed by atoms with E-state index < -0.39 is 6.04 Å². The van der Waals surface area contributed by atoms with Gasteiger partial charge < -0.3 is 15.5 Å². The lowest BCUT2D eigenvalue weighted by molar-refractivity contribution is -0.128. The fraction of sp³-hybridized carbons (Fsp3) is 0.353. The zero-order valence-electron chi connectivity index (χ0n) is 13.8. The molecule has 1 fully saturated rings. The highest BCUT2D eigenvalue weighted by Crippen LogP contribution is 2.12. The molecule has 0 radical (unpaired) electrons. The van der Waals surface area contributed by atoms with E-state index in [0.29, 0.717) is 25.2 Å². The lowest BCUT2D eigenvalue weighted by Crippen LogP contribution is -2.42. The Hall–Kier alpha value is -2.83. The molecule has 3 amide bonds. The molecular weight excluding hydrogens is 306 g/mol. The van der Waals surface area contributed by atoms with Crippen LogP contribution in [0.25, 0.3) is 0 Å². The molecule has 1 saturated heterocycles. The Balaban J connectivity index is 1.54. The first kappa shape index (κ1) is 16.0. The molecule has 2 aromatic rings. The summed E-state index contributed by atoms with van der Waals surface area (Å²) in [4.78, 5) is 25.4. The topological polar surface area (TPSA) is 79.3 Å². The fourth-order valence-corrected chi connectivity index (χ4v) is 2.72. The summed E-state index contributed by atoms with van der Waals surface area (Å²) in [6, 6.07) is 6.78. The summed E-state index contributed by atoms with van der Waals surface area (Å²) in [5.41, 5.74) is 2.90. The molecular formula is C17H21N5O2. The number of aryl methyl sites for hydroxylation is 1. The molecule has 2 heterocycles. The molecule has 1 aliphatic rings. The largest absolute Gasteiger partial charge is 0.344 e. The average Bonchev–Trinajstić information content (AvgIpc) is 3.09. The van der Waals surface area contributed by atoms with Crippen LogP contribution in [-0.4, -0.2) is 46.3 Å². The van der Waals surface area contributed by atoms with Crippen molar-refractivity contribution in [3.8, 4) is 0 Å². The summed E-state index contributed by atoms with van der Waals surface area (Å²) in [5, 5.41) is 9.72. The number of benzene rings is 1. The fourth-order valence-electron chi connectivity index (χ4n) is 2.72. The SMILES string of the molecule is Cc1cnn(Cc2ccc(NC(=O)N[C@H]3CCN(C)C3=O)cc2)c1. The van der Waals surface area contributed by atoms with Crippen LogP contribution in [0.5, 0.6) is 0 Å². The van der Waals surface area contributed by atoms with Crippen molar-refractivity contribution in [3.63, 3.8) is 0 Å². The van der Waals surface area contributed by atoms with E-state index in [4.69, 9.17) is 0 Å². The molecule has 126 valence electrons. The van der Waals surface area contributed by atoms with Crippen molar-refractivity contribution in [3.05, 3.63) is 47.8 Å². The number of urea groups is 1. The van der Waals surface area contributed by atoms with Gasteiger partial charge in [0.2, 0.25) is 5.91 Å². The van der Waals surface area contributed by atoms with Gasteiger partial charge in [-0.25, -0.2) is 4.79 Å². The molecule has 0 bridgehead atoms. The van der Waals surface area contributed by atoms with Crippen LogP contribution in [0, 0.1) is 6.92 Å². The van der Waals surface area contributed by atoms with E-state index >= 15 is 0 Å². The van der Waals surface area contributed by atoms with E-state index in [1.807, 2.05) is 48.3 Å². The first-order chi connectivity index (χ1) is 11.5. The molecule has 0 spiro atoms. The van der Waals surface area contributed by atoms with Crippen molar-refractivity contribution in [2.45, 2.75) is 25.9 Å². The van der Waals surface area contributed by atoms with Crippen molar-refractivity contribution >= 4 is 17.6 Å². The quantitative estimate of drug-likeness (QED) is 0.895. The summed E-state index contributed by atoms with van der Waals surface area (Å²) in [5.74, 6) is -0.0463. The van der Waals surface area contributed by atoms with Gasteiger partial charge in [-0.3, -0.25) is 9.48 Å². The number of amides is 3. The molecule has 0 aliphatic carbocycles. The smallest absolute Gasteiger partial charge is 0.319 e. The number of carbonyl (C=O) groups excluding carboxylic acids is 2. The summed E-state index contributed by atoms with van der Waals surface area (Å²) >= 11 is 0. The number of hydrogen-bond donors (Lipinski definition) is 2. The van der Waals surface area contributed by atoms with Crippen LogP contribution in [0.4, 0.5) is 10.5 Å². The van der Waals surface area contributed by atoms with Gasteiger partial charge in [0.05, 0.1) is 12.7 Å². The predicted molar refractivity (Wildman–Crippen MR) is 90.7 cm³/mol. The van der Waals surface area contributed by atoms with Crippen molar-refractivity contribution in [1.82, 2.24) is 20.0 Å². The molecule has 7 heteroatoms. The lowest BCUT2D eigenvalue weighted by atomic mass is 10.2. The van der Waals surface area contributed by atoms with Gasteiger partial charge in [-0.05, 0) is 36.6 Å². The van der Waals surface area contributed by atoms with E-state index in [2.05, 4.69) is 15.7 Å².